The Morgan fingerprint density at radius 1 is 1.32 bits per heavy atom. The van der Waals surface area contributed by atoms with Gasteiger partial charge >= 0.3 is 6.18 Å². The van der Waals surface area contributed by atoms with Crippen LogP contribution in [0, 0.1) is 23.2 Å². The normalized spacial score (nSPS) is 36.2. The predicted molar refractivity (Wildman–Crippen MR) is 132 cm³/mol. The number of nitriles is 1. The van der Waals surface area contributed by atoms with Crippen molar-refractivity contribution in [1.82, 2.24) is 0 Å². The highest BCUT2D eigenvalue weighted by Gasteiger charge is 2.82. The smallest absolute Gasteiger partial charge is 0.410 e. The molecule has 4 fully saturated rings. The number of anilines is 1. The van der Waals surface area contributed by atoms with E-state index in [9.17, 15) is 28.8 Å². The van der Waals surface area contributed by atoms with E-state index in [1.807, 2.05) is 0 Å². The van der Waals surface area contributed by atoms with Crippen LogP contribution in [-0.4, -0.2) is 50.4 Å². The summed E-state index contributed by atoms with van der Waals surface area (Å²) >= 11 is 0. The zero-order valence-electron chi connectivity index (χ0n) is 22.0. The Kier molecular flexibility index (Phi) is 5.81. The fraction of sp³-hybridized carbons (Fsp3) is 0.680. The van der Waals surface area contributed by atoms with E-state index in [1.54, 1.807) is 13.0 Å². The average Bonchev–Trinajstić information content (AvgIpc) is 3.35. The van der Waals surface area contributed by atoms with Gasteiger partial charge in [-0.25, -0.2) is 0 Å². The molecule has 9 nitrogen and oxygen atoms in total. The summed E-state index contributed by atoms with van der Waals surface area (Å²) in [6.45, 7) is 12.3. The van der Waals surface area contributed by atoms with Crippen LogP contribution >= 0.6 is 0 Å². The third kappa shape index (κ3) is 3.47. The Bertz CT molecular complexity index is 1290. The van der Waals surface area contributed by atoms with Crippen LogP contribution in [0.1, 0.15) is 45.2 Å². The van der Waals surface area contributed by atoms with Crippen molar-refractivity contribution in [2.24, 2.45) is 17.0 Å². The molecule has 204 valence electrons. The van der Waals surface area contributed by atoms with Crippen LogP contribution in [0.4, 0.5) is 18.9 Å². The van der Waals surface area contributed by atoms with Crippen LogP contribution in [0.25, 0.3) is 10.4 Å². The van der Waals surface area contributed by atoms with Crippen molar-refractivity contribution in [1.29, 1.82) is 5.26 Å². The molecule has 38 heavy (non-hydrogen) atoms. The van der Waals surface area contributed by atoms with Gasteiger partial charge in [-0.15, -0.1) is 0 Å². The summed E-state index contributed by atoms with van der Waals surface area (Å²) in [5.74, 6) is -1.79. The van der Waals surface area contributed by atoms with Gasteiger partial charge < -0.3 is 13.9 Å². The van der Waals surface area contributed by atoms with Crippen LogP contribution in [0.3, 0.4) is 0 Å². The Morgan fingerprint density at radius 2 is 2.00 bits per heavy atom. The quantitative estimate of drug-likeness (QED) is 0.212. The lowest BCUT2D eigenvalue weighted by atomic mass is 9.62. The van der Waals surface area contributed by atoms with E-state index >= 15 is 0 Å². The SMILES string of the molecule is CC(C)(C)[Si](C)(C)O[C@@H]1[C@@H](N=[N+]=[N-])[C@@]23CCO[C@H]4[C@@H]2[C@H](C(=O)N4c2ccc(C#N)c(C(F)(F)F)c2)[C@]1(C)O3. The van der Waals surface area contributed by atoms with Crippen molar-refractivity contribution in [3.63, 3.8) is 0 Å². The van der Waals surface area contributed by atoms with E-state index < -0.39 is 72.9 Å². The predicted octanol–water partition coefficient (Wildman–Crippen LogP) is 5.51. The zero-order chi connectivity index (χ0) is 28.1. The number of carbonyl (C=O) groups excluding carboxylic acids is 1. The van der Waals surface area contributed by atoms with Gasteiger partial charge in [0.15, 0.2) is 8.32 Å². The number of hydrogen-bond donors (Lipinski definition) is 0. The number of rotatable bonds is 4. The highest BCUT2D eigenvalue weighted by molar-refractivity contribution is 6.74. The summed E-state index contributed by atoms with van der Waals surface area (Å²) in [5.41, 5.74) is 5.59. The van der Waals surface area contributed by atoms with Crippen molar-refractivity contribution in [3.05, 3.63) is 39.8 Å². The number of hydrogen-bond acceptors (Lipinski definition) is 6. The lowest BCUT2D eigenvalue weighted by Crippen LogP contribution is -2.63. The van der Waals surface area contributed by atoms with E-state index in [4.69, 9.17) is 13.9 Å². The maximum absolute atomic E-state index is 14.1. The van der Waals surface area contributed by atoms with Gasteiger partial charge in [-0.1, -0.05) is 25.9 Å². The second-order valence-corrected chi connectivity index (χ2v) is 17.0. The van der Waals surface area contributed by atoms with Gasteiger partial charge in [-0.2, -0.15) is 18.4 Å². The molecule has 13 heteroatoms. The van der Waals surface area contributed by atoms with Gasteiger partial charge in [0, 0.05) is 22.9 Å². The second-order valence-electron chi connectivity index (χ2n) is 12.3. The lowest BCUT2D eigenvalue weighted by Gasteiger charge is -2.48. The average molecular weight is 550 g/mol. The van der Waals surface area contributed by atoms with E-state index in [1.165, 1.54) is 11.0 Å². The Balaban J connectivity index is 1.63. The molecule has 4 aliphatic rings. The molecule has 0 radical (unpaired) electrons. The number of fused-ring (bicyclic) bond motifs is 2. The van der Waals surface area contributed by atoms with E-state index in [0.717, 1.165) is 12.1 Å². The molecule has 1 aromatic carbocycles. The Morgan fingerprint density at radius 3 is 2.58 bits per heavy atom. The van der Waals surface area contributed by atoms with Gasteiger partial charge in [-0.3, -0.25) is 9.69 Å². The third-order valence-corrected chi connectivity index (χ3v) is 13.7. The highest BCUT2D eigenvalue weighted by atomic mass is 28.4. The summed E-state index contributed by atoms with van der Waals surface area (Å²) in [6, 6.07) is 4.05. The van der Waals surface area contributed by atoms with Crippen LogP contribution in [-0.2, 0) is 24.9 Å². The van der Waals surface area contributed by atoms with E-state index in [0.29, 0.717) is 6.42 Å². The van der Waals surface area contributed by atoms with Gasteiger partial charge in [-0.05, 0) is 48.8 Å². The molecule has 2 bridgehead atoms. The molecule has 7 atom stereocenters. The first kappa shape index (κ1) is 27.0. The van der Waals surface area contributed by atoms with Crippen LogP contribution < -0.4 is 4.90 Å². The Labute approximate surface area is 219 Å². The maximum atomic E-state index is 14.1. The summed E-state index contributed by atoms with van der Waals surface area (Å²) < 4.78 is 60.7. The monoisotopic (exact) mass is 549 g/mol. The molecule has 5 rings (SSSR count). The molecular weight excluding hydrogens is 519 g/mol. The minimum atomic E-state index is -4.78. The first-order chi connectivity index (χ1) is 17.5. The number of amides is 1. The highest BCUT2D eigenvalue weighted by Crippen LogP contribution is 2.67. The fourth-order valence-electron chi connectivity index (χ4n) is 6.54. The molecule has 1 amide bonds. The number of nitrogens with zero attached hydrogens (tertiary/aromatic N) is 5. The molecular formula is C25H30F3N5O4Si. The van der Waals surface area contributed by atoms with E-state index in [-0.39, 0.29) is 17.3 Å². The number of ether oxygens (including phenoxy) is 2. The van der Waals surface area contributed by atoms with Crippen molar-refractivity contribution in [2.45, 2.75) is 88.0 Å². The molecule has 0 aromatic heterocycles. The molecule has 4 heterocycles. The topological polar surface area (TPSA) is 121 Å². The number of azide groups is 1. The minimum absolute atomic E-state index is 0.0111. The van der Waals surface area contributed by atoms with Crippen molar-refractivity contribution in [2.75, 3.05) is 11.5 Å². The summed E-state index contributed by atoms with van der Waals surface area (Å²) in [6.07, 6.45) is -6.06. The second kappa shape index (κ2) is 8.19. The molecule has 0 unspecified atom stereocenters. The molecule has 0 N–H and O–H groups in total. The van der Waals surface area contributed by atoms with Crippen LogP contribution in [0.2, 0.25) is 18.1 Å². The molecule has 1 spiro atoms. The Hall–Kier alpha value is -2.62. The molecule has 4 aliphatic heterocycles. The van der Waals surface area contributed by atoms with Crippen molar-refractivity contribution < 1.29 is 31.9 Å². The zero-order valence-corrected chi connectivity index (χ0v) is 23.0. The molecule has 0 saturated carbocycles. The van der Waals surface area contributed by atoms with Crippen molar-refractivity contribution in [3.8, 4) is 6.07 Å². The summed E-state index contributed by atoms with van der Waals surface area (Å²) in [4.78, 5) is 18.4. The van der Waals surface area contributed by atoms with Crippen molar-refractivity contribution >= 4 is 19.9 Å². The van der Waals surface area contributed by atoms with Gasteiger partial charge in [0.2, 0.25) is 5.91 Å². The first-order valence-corrected chi connectivity index (χ1v) is 15.4. The summed E-state index contributed by atoms with van der Waals surface area (Å²) in [5, 5.41) is 13.2. The standard InChI is InChI=1S/C25H30F3N5O4Si/c1-22(2,3)38(5,6)36-19-18(31-32-30)24-9-10-35-21-17(24)16(23(19,4)37-24)20(34)33(21)14-8-7-13(12-29)15(11-14)25(26,27)28/h7-8,11,16-19,21H,9-10H2,1-6H3/t16-,17+,18-,19-,21+,23+,24-/m1/s1. The number of halogens is 3. The first-order valence-electron chi connectivity index (χ1n) is 12.5. The van der Waals surface area contributed by atoms with Gasteiger partial charge in [0.25, 0.3) is 0 Å². The number of benzene rings is 1. The van der Waals surface area contributed by atoms with Crippen LogP contribution in [0.15, 0.2) is 23.3 Å². The van der Waals surface area contributed by atoms with Gasteiger partial charge in [0.05, 0.1) is 47.5 Å². The fourth-order valence-corrected chi connectivity index (χ4v) is 7.89. The molecule has 4 saturated heterocycles. The van der Waals surface area contributed by atoms with E-state index in [2.05, 4.69) is 43.9 Å². The van der Waals surface area contributed by atoms with Gasteiger partial charge in [0.1, 0.15) is 11.8 Å². The molecule has 0 aliphatic carbocycles. The largest absolute Gasteiger partial charge is 0.417 e. The molecule has 1 aromatic rings. The maximum Gasteiger partial charge on any atom is 0.417 e. The lowest BCUT2D eigenvalue weighted by molar-refractivity contribution is -0.144. The summed E-state index contributed by atoms with van der Waals surface area (Å²) in [7, 11) is -2.43. The third-order valence-electron chi connectivity index (χ3n) is 9.26. The van der Waals surface area contributed by atoms with Crippen LogP contribution in [0.5, 0.6) is 0 Å². The number of alkyl halides is 3. The number of carbonyl (C=O) groups is 1. The minimum Gasteiger partial charge on any atom is -0.410 e.